The number of rotatable bonds is 1. The fraction of sp³-hybridized carbons (Fsp3) is 0. The highest BCUT2D eigenvalue weighted by molar-refractivity contribution is 7.00. The summed E-state index contributed by atoms with van der Waals surface area (Å²) in [5.74, 6) is 0. The average Bonchev–Trinajstić information content (AvgIpc) is 2.34. The highest BCUT2D eigenvalue weighted by Crippen LogP contribution is 2.10. The van der Waals surface area contributed by atoms with E-state index in [0.717, 1.165) is 11.4 Å². The van der Waals surface area contributed by atoms with Crippen molar-refractivity contribution < 1.29 is 4.57 Å². The molecule has 0 aliphatic heterocycles. The van der Waals surface area contributed by atoms with Gasteiger partial charge in [0.1, 0.15) is 9.12 Å². The number of aromatic nitrogens is 2. The molecule has 70 valence electrons. The minimum atomic E-state index is 0.915. The maximum atomic E-state index is 8.06. The van der Waals surface area contributed by atoms with Crippen molar-refractivity contribution in [2.45, 2.75) is 0 Å². The molecule has 0 radical (unpaired) electrons. The number of hydrogen-bond acceptors (Lipinski definition) is 3. The highest BCUT2D eigenvalue weighted by atomic mass is 31.0. The zero-order valence-corrected chi connectivity index (χ0v) is 8.42. The summed E-state index contributed by atoms with van der Waals surface area (Å²) >= 11 is 0. The molecule has 0 saturated carbocycles. The van der Waals surface area contributed by atoms with Gasteiger partial charge in [0, 0.05) is 12.4 Å². The van der Waals surface area contributed by atoms with Gasteiger partial charge in [-0.2, -0.15) is 0 Å². The van der Waals surface area contributed by atoms with Crippen LogP contribution in [0.3, 0.4) is 0 Å². The molecule has 4 heteroatoms. The van der Waals surface area contributed by atoms with Gasteiger partial charge < -0.3 is 0 Å². The smallest absolute Gasteiger partial charge is 0.138 e. The fourth-order valence-electron chi connectivity index (χ4n) is 1.03. The Morgan fingerprint density at radius 1 is 0.786 bits per heavy atom. The Morgan fingerprint density at radius 3 is 1.50 bits per heavy atom. The van der Waals surface area contributed by atoms with Gasteiger partial charge in [-0.1, -0.05) is 12.1 Å². The van der Waals surface area contributed by atoms with Crippen molar-refractivity contribution in [1.82, 2.24) is 9.97 Å². The molecule has 2 rings (SSSR count). The summed E-state index contributed by atoms with van der Waals surface area (Å²) in [6.07, 6.45) is 3.54. The number of pyridine rings is 2. The largest absolute Gasteiger partial charge is 0.279 e. The second-order valence-electron chi connectivity index (χ2n) is 2.43. The van der Waals surface area contributed by atoms with Crippen molar-refractivity contribution >= 4 is 9.12 Å². The lowest BCUT2D eigenvalue weighted by Crippen LogP contribution is -1.83. The van der Waals surface area contributed by atoms with Crippen molar-refractivity contribution in [3.8, 4) is 11.4 Å². The van der Waals surface area contributed by atoms with Crippen LogP contribution in [0.15, 0.2) is 48.8 Å². The zero-order valence-electron chi connectivity index (χ0n) is 7.42. The van der Waals surface area contributed by atoms with Crippen LogP contribution in [0, 0.1) is 0 Å². The predicted molar refractivity (Wildman–Crippen MR) is 56.5 cm³/mol. The first-order chi connectivity index (χ1) is 6.97. The first-order valence-electron chi connectivity index (χ1n) is 4.00. The summed E-state index contributed by atoms with van der Waals surface area (Å²) < 4.78 is 8.06. The Hall–Kier alpha value is -1.60. The third-order valence-electron chi connectivity index (χ3n) is 1.59. The summed E-state index contributed by atoms with van der Waals surface area (Å²) in [6, 6.07) is 11.6. The lowest BCUT2D eigenvalue weighted by Gasteiger charge is -1.96. The van der Waals surface area contributed by atoms with Crippen molar-refractivity contribution in [1.29, 1.82) is 0 Å². The van der Waals surface area contributed by atoms with Crippen LogP contribution in [0.1, 0.15) is 0 Å². The Balaban J connectivity index is 0.000000461. The summed E-state index contributed by atoms with van der Waals surface area (Å²) in [6.45, 7) is 0. The van der Waals surface area contributed by atoms with E-state index in [1.807, 2.05) is 36.4 Å². The van der Waals surface area contributed by atoms with Gasteiger partial charge in [-0.05, 0) is 24.3 Å². The molecule has 0 aliphatic carbocycles. The van der Waals surface area contributed by atoms with E-state index in [1.165, 1.54) is 0 Å². The van der Waals surface area contributed by atoms with Gasteiger partial charge in [0.15, 0.2) is 0 Å². The number of nitrogens with zero attached hydrogens (tertiary/aromatic N) is 2. The quantitative estimate of drug-likeness (QED) is 0.670. The molecule has 0 spiro atoms. The Morgan fingerprint density at radius 2 is 1.21 bits per heavy atom. The lowest BCUT2D eigenvalue weighted by molar-refractivity contribution is 0.607. The zero-order chi connectivity index (χ0) is 10.2. The van der Waals surface area contributed by atoms with Crippen LogP contribution in [0.5, 0.6) is 0 Å². The SMILES string of the molecule is O=P.c1ccc(-c2ccccn2)nc1. The third kappa shape index (κ3) is 2.71. The molecule has 0 bridgehead atoms. The van der Waals surface area contributed by atoms with Crippen molar-refractivity contribution in [2.75, 3.05) is 0 Å². The summed E-state index contributed by atoms with van der Waals surface area (Å²) in [4.78, 5) is 8.37. The lowest BCUT2D eigenvalue weighted by atomic mass is 10.2. The minimum Gasteiger partial charge on any atom is -0.279 e. The molecular formula is C10H9N2OP. The molecule has 0 unspecified atom stereocenters. The highest BCUT2D eigenvalue weighted by Gasteiger charge is 1.95. The van der Waals surface area contributed by atoms with Crippen molar-refractivity contribution in [2.24, 2.45) is 0 Å². The average molecular weight is 204 g/mol. The molecule has 2 heterocycles. The summed E-state index contributed by atoms with van der Waals surface area (Å²) in [7, 11) is 1.72. The molecule has 0 N–H and O–H groups in total. The Kier molecular flexibility index (Phi) is 4.45. The molecule has 3 nitrogen and oxygen atoms in total. The van der Waals surface area contributed by atoms with Gasteiger partial charge in [-0.3, -0.25) is 14.5 Å². The van der Waals surface area contributed by atoms with Crippen LogP contribution in [0.25, 0.3) is 11.4 Å². The molecule has 14 heavy (non-hydrogen) atoms. The molecule has 2 aromatic rings. The molecule has 0 saturated heterocycles. The van der Waals surface area contributed by atoms with Gasteiger partial charge in [0.2, 0.25) is 0 Å². The van der Waals surface area contributed by atoms with E-state index in [-0.39, 0.29) is 0 Å². The van der Waals surface area contributed by atoms with Gasteiger partial charge >= 0.3 is 0 Å². The van der Waals surface area contributed by atoms with Crippen LogP contribution < -0.4 is 0 Å². The standard InChI is InChI=1S/C10H8N2.HOP/c1-3-7-11-9(5-1)10-6-2-4-8-12-10;1-2/h1-8H;2H. The Labute approximate surface area is 84.5 Å². The minimum absolute atomic E-state index is 0.915. The van der Waals surface area contributed by atoms with E-state index >= 15 is 0 Å². The van der Waals surface area contributed by atoms with Gasteiger partial charge in [-0.25, -0.2) is 0 Å². The molecule has 2 aromatic heterocycles. The maximum absolute atomic E-state index is 8.06. The van der Waals surface area contributed by atoms with Gasteiger partial charge in [0.25, 0.3) is 0 Å². The molecular weight excluding hydrogens is 195 g/mol. The summed E-state index contributed by atoms with van der Waals surface area (Å²) in [5.41, 5.74) is 1.83. The molecule has 0 atom stereocenters. The van der Waals surface area contributed by atoms with Crippen LogP contribution in [0.4, 0.5) is 0 Å². The van der Waals surface area contributed by atoms with Crippen molar-refractivity contribution in [3.05, 3.63) is 48.8 Å². The first-order valence-corrected chi connectivity index (χ1v) is 4.40. The molecule has 0 aromatic carbocycles. The third-order valence-corrected chi connectivity index (χ3v) is 1.59. The van der Waals surface area contributed by atoms with Crippen LogP contribution in [0.2, 0.25) is 0 Å². The number of hydrogen-bond donors (Lipinski definition) is 0. The van der Waals surface area contributed by atoms with E-state index in [1.54, 1.807) is 21.5 Å². The first kappa shape index (κ1) is 10.5. The van der Waals surface area contributed by atoms with Crippen LogP contribution in [-0.2, 0) is 4.57 Å². The second-order valence-corrected chi connectivity index (χ2v) is 2.43. The molecule has 0 amide bonds. The maximum Gasteiger partial charge on any atom is 0.138 e. The van der Waals surface area contributed by atoms with E-state index in [2.05, 4.69) is 9.97 Å². The van der Waals surface area contributed by atoms with Crippen LogP contribution in [-0.4, -0.2) is 9.97 Å². The van der Waals surface area contributed by atoms with E-state index in [4.69, 9.17) is 4.57 Å². The van der Waals surface area contributed by atoms with Gasteiger partial charge in [0.05, 0.1) is 11.4 Å². The van der Waals surface area contributed by atoms with E-state index < -0.39 is 0 Å². The van der Waals surface area contributed by atoms with E-state index in [9.17, 15) is 0 Å². The molecule has 0 fully saturated rings. The van der Waals surface area contributed by atoms with Crippen LogP contribution >= 0.6 is 9.12 Å². The second kappa shape index (κ2) is 5.95. The summed E-state index contributed by atoms with van der Waals surface area (Å²) in [5, 5.41) is 0. The monoisotopic (exact) mass is 204 g/mol. The Bertz CT molecular complexity index is 329. The normalized spacial score (nSPS) is 8.57. The fourth-order valence-corrected chi connectivity index (χ4v) is 1.03. The molecule has 0 aliphatic rings. The predicted octanol–water partition coefficient (Wildman–Crippen LogP) is 2.62. The van der Waals surface area contributed by atoms with Crippen molar-refractivity contribution in [3.63, 3.8) is 0 Å². The van der Waals surface area contributed by atoms with Gasteiger partial charge in [-0.15, -0.1) is 0 Å². The topological polar surface area (TPSA) is 42.9 Å². The van der Waals surface area contributed by atoms with E-state index in [0.29, 0.717) is 0 Å².